The third-order valence-electron chi connectivity index (χ3n) is 2.88. The highest BCUT2D eigenvalue weighted by Gasteiger charge is 2.26. The highest BCUT2D eigenvalue weighted by molar-refractivity contribution is 5.90. The Kier molecular flexibility index (Phi) is 5.99. The predicted octanol–water partition coefficient (Wildman–Crippen LogP) is 4.15. The summed E-state index contributed by atoms with van der Waals surface area (Å²) in [6.07, 6.45) is -4.68. The topological polar surface area (TPSA) is 38.3 Å². The van der Waals surface area contributed by atoms with E-state index in [0.717, 1.165) is 13.2 Å². The van der Waals surface area contributed by atoms with Crippen molar-refractivity contribution in [2.45, 2.75) is 38.4 Å². The maximum Gasteiger partial charge on any atom is 0.389 e. The number of esters is 1. The molecule has 0 aliphatic heterocycles. The molecule has 1 unspecified atom stereocenters. The average Bonchev–Trinajstić information content (AvgIpc) is 2.38. The van der Waals surface area contributed by atoms with Crippen molar-refractivity contribution in [1.29, 1.82) is 0 Å². The molecule has 0 aliphatic rings. The third kappa shape index (κ3) is 6.01. The molecule has 3 nitrogen and oxygen atoms in total. The fourth-order valence-electron chi connectivity index (χ4n) is 1.85. The van der Waals surface area contributed by atoms with E-state index in [4.69, 9.17) is 0 Å². The van der Waals surface area contributed by atoms with Gasteiger partial charge < -0.3 is 10.1 Å². The SMILES string of the molecule is COC(=O)c1cc(NC(C)CCCC(F)(F)F)ccc1F. The van der Waals surface area contributed by atoms with Gasteiger partial charge in [0.1, 0.15) is 5.82 Å². The van der Waals surface area contributed by atoms with E-state index >= 15 is 0 Å². The van der Waals surface area contributed by atoms with Crippen LogP contribution in [0.3, 0.4) is 0 Å². The van der Waals surface area contributed by atoms with E-state index < -0.39 is 24.4 Å². The van der Waals surface area contributed by atoms with Gasteiger partial charge in [0.05, 0.1) is 12.7 Å². The van der Waals surface area contributed by atoms with Crippen LogP contribution in [-0.2, 0) is 4.74 Å². The smallest absolute Gasteiger partial charge is 0.389 e. The number of benzene rings is 1. The van der Waals surface area contributed by atoms with Crippen LogP contribution in [0.15, 0.2) is 18.2 Å². The molecule has 0 aliphatic carbocycles. The molecule has 1 rings (SSSR count). The fraction of sp³-hybridized carbons (Fsp3) is 0.500. The van der Waals surface area contributed by atoms with E-state index in [2.05, 4.69) is 10.1 Å². The van der Waals surface area contributed by atoms with Gasteiger partial charge in [-0.3, -0.25) is 0 Å². The minimum Gasteiger partial charge on any atom is -0.465 e. The average molecular weight is 307 g/mol. The largest absolute Gasteiger partial charge is 0.465 e. The summed E-state index contributed by atoms with van der Waals surface area (Å²) in [7, 11) is 1.14. The Morgan fingerprint density at radius 1 is 1.38 bits per heavy atom. The Morgan fingerprint density at radius 2 is 2.05 bits per heavy atom. The first kappa shape index (κ1) is 17.3. The maximum absolute atomic E-state index is 13.4. The lowest BCUT2D eigenvalue weighted by Crippen LogP contribution is -2.17. The second kappa shape index (κ2) is 7.28. The number of carbonyl (C=O) groups is 1. The highest BCUT2D eigenvalue weighted by Crippen LogP contribution is 2.23. The van der Waals surface area contributed by atoms with Gasteiger partial charge in [0.2, 0.25) is 0 Å². The summed E-state index contributed by atoms with van der Waals surface area (Å²) in [4.78, 5) is 11.3. The van der Waals surface area contributed by atoms with Crippen molar-refractivity contribution >= 4 is 11.7 Å². The molecule has 0 amide bonds. The Balaban J connectivity index is 2.60. The number of rotatable bonds is 6. The molecule has 1 aromatic rings. The molecule has 1 aromatic carbocycles. The molecule has 0 radical (unpaired) electrons. The molecule has 0 bridgehead atoms. The van der Waals surface area contributed by atoms with Crippen LogP contribution in [0, 0.1) is 5.82 Å². The number of carbonyl (C=O) groups excluding carboxylic acids is 1. The van der Waals surface area contributed by atoms with Gasteiger partial charge in [-0.1, -0.05) is 0 Å². The lowest BCUT2D eigenvalue weighted by molar-refractivity contribution is -0.135. The van der Waals surface area contributed by atoms with Gasteiger partial charge in [-0.2, -0.15) is 13.2 Å². The normalized spacial score (nSPS) is 12.9. The Morgan fingerprint density at radius 3 is 2.62 bits per heavy atom. The molecule has 1 N–H and O–H groups in total. The summed E-state index contributed by atoms with van der Waals surface area (Å²) in [5.41, 5.74) is 0.237. The number of alkyl halides is 3. The van der Waals surface area contributed by atoms with E-state index in [1.807, 2.05) is 0 Å². The van der Waals surface area contributed by atoms with Crippen LogP contribution in [0.25, 0.3) is 0 Å². The zero-order valence-electron chi connectivity index (χ0n) is 11.8. The summed E-state index contributed by atoms with van der Waals surface area (Å²) in [6, 6.07) is 3.57. The molecule has 7 heteroatoms. The van der Waals surface area contributed by atoms with Crippen molar-refractivity contribution in [2.75, 3.05) is 12.4 Å². The fourth-order valence-corrected chi connectivity index (χ4v) is 1.85. The van der Waals surface area contributed by atoms with Crippen LogP contribution in [0.5, 0.6) is 0 Å². The van der Waals surface area contributed by atoms with Gasteiger partial charge in [0.25, 0.3) is 0 Å². The first-order valence-electron chi connectivity index (χ1n) is 6.44. The Bertz CT molecular complexity index is 488. The van der Waals surface area contributed by atoms with Crippen molar-refractivity contribution in [1.82, 2.24) is 0 Å². The monoisotopic (exact) mass is 307 g/mol. The van der Waals surface area contributed by atoms with Crippen LogP contribution in [0.1, 0.15) is 36.5 Å². The molecule has 118 valence electrons. The summed E-state index contributed by atoms with van der Waals surface area (Å²) < 4.78 is 54.0. The van der Waals surface area contributed by atoms with Gasteiger partial charge in [0.15, 0.2) is 0 Å². The second-order valence-electron chi connectivity index (χ2n) is 4.74. The van der Waals surface area contributed by atoms with Gasteiger partial charge in [-0.05, 0) is 38.0 Å². The number of anilines is 1. The molecule has 0 aromatic heterocycles. The molecule has 0 fully saturated rings. The van der Waals surface area contributed by atoms with E-state index in [0.29, 0.717) is 12.1 Å². The van der Waals surface area contributed by atoms with E-state index in [1.54, 1.807) is 6.92 Å². The molecule has 0 spiro atoms. The van der Waals surface area contributed by atoms with Crippen molar-refractivity contribution in [3.8, 4) is 0 Å². The summed E-state index contributed by atoms with van der Waals surface area (Å²) >= 11 is 0. The quantitative estimate of drug-likeness (QED) is 0.634. The van der Waals surface area contributed by atoms with Crippen molar-refractivity contribution in [3.63, 3.8) is 0 Å². The van der Waals surface area contributed by atoms with Gasteiger partial charge in [0, 0.05) is 18.2 Å². The zero-order valence-corrected chi connectivity index (χ0v) is 11.8. The molecular weight excluding hydrogens is 290 g/mol. The van der Waals surface area contributed by atoms with Gasteiger partial charge in [-0.25, -0.2) is 9.18 Å². The highest BCUT2D eigenvalue weighted by atomic mass is 19.4. The molecule has 21 heavy (non-hydrogen) atoms. The first-order valence-corrected chi connectivity index (χ1v) is 6.44. The van der Waals surface area contributed by atoms with Crippen molar-refractivity contribution in [3.05, 3.63) is 29.6 Å². The standard InChI is InChI=1S/C14H17F4NO2/c1-9(4-3-7-14(16,17)18)19-10-5-6-12(15)11(8-10)13(20)21-2/h5-6,8-9,19H,3-4,7H2,1-2H3. The van der Waals surface area contributed by atoms with Crippen LogP contribution < -0.4 is 5.32 Å². The Hall–Kier alpha value is -1.79. The van der Waals surface area contributed by atoms with Gasteiger partial charge in [-0.15, -0.1) is 0 Å². The number of halogens is 4. The summed E-state index contributed by atoms with van der Waals surface area (Å²) in [6.45, 7) is 1.72. The zero-order chi connectivity index (χ0) is 16.0. The predicted molar refractivity (Wildman–Crippen MR) is 70.7 cm³/mol. The number of hydrogen-bond acceptors (Lipinski definition) is 3. The van der Waals surface area contributed by atoms with Crippen LogP contribution in [-0.4, -0.2) is 25.3 Å². The number of nitrogens with one attached hydrogen (secondary N) is 1. The molecule has 0 heterocycles. The maximum atomic E-state index is 13.4. The first-order chi connectivity index (χ1) is 9.73. The number of hydrogen-bond donors (Lipinski definition) is 1. The minimum atomic E-state index is -4.16. The second-order valence-corrected chi connectivity index (χ2v) is 4.74. The van der Waals surface area contributed by atoms with Crippen LogP contribution in [0.4, 0.5) is 23.2 Å². The molecule has 0 saturated carbocycles. The van der Waals surface area contributed by atoms with E-state index in [-0.39, 0.29) is 18.0 Å². The van der Waals surface area contributed by atoms with E-state index in [1.165, 1.54) is 12.1 Å². The molecular formula is C14H17F4NO2. The lowest BCUT2D eigenvalue weighted by Gasteiger charge is -2.16. The van der Waals surface area contributed by atoms with Crippen molar-refractivity contribution < 1.29 is 27.1 Å². The van der Waals surface area contributed by atoms with E-state index in [9.17, 15) is 22.4 Å². The Labute approximate surface area is 120 Å². The van der Waals surface area contributed by atoms with Gasteiger partial charge >= 0.3 is 12.1 Å². The van der Waals surface area contributed by atoms with Crippen molar-refractivity contribution in [2.24, 2.45) is 0 Å². The molecule has 1 atom stereocenters. The number of methoxy groups -OCH3 is 1. The third-order valence-corrected chi connectivity index (χ3v) is 2.88. The number of ether oxygens (including phenoxy) is 1. The molecule has 0 saturated heterocycles. The summed E-state index contributed by atoms with van der Waals surface area (Å²) in [5, 5.41) is 2.93. The van der Waals surface area contributed by atoms with Crippen LogP contribution >= 0.6 is 0 Å². The van der Waals surface area contributed by atoms with Crippen LogP contribution in [0.2, 0.25) is 0 Å². The minimum absolute atomic E-state index is 0.00270. The lowest BCUT2D eigenvalue weighted by atomic mass is 10.1. The summed E-state index contributed by atoms with van der Waals surface area (Å²) in [5.74, 6) is -1.52.